The van der Waals surface area contributed by atoms with Crippen LogP contribution in [0.5, 0.6) is 23.0 Å². The largest absolute Gasteiger partial charge is 0.493 e. The van der Waals surface area contributed by atoms with E-state index in [2.05, 4.69) is 69.5 Å². The van der Waals surface area contributed by atoms with Gasteiger partial charge in [0.1, 0.15) is 6.61 Å². The number of methoxy groups -OCH3 is 2. The van der Waals surface area contributed by atoms with Crippen molar-refractivity contribution >= 4 is 39.6 Å². The normalized spacial score (nSPS) is 11.0. The number of fused-ring (bicyclic) bond motifs is 1. The highest BCUT2D eigenvalue weighted by molar-refractivity contribution is 14.1. The maximum absolute atomic E-state index is 6.28. The zero-order chi connectivity index (χ0) is 25.3. The van der Waals surface area contributed by atoms with Gasteiger partial charge in [-0.3, -0.25) is 0 Å². The van der Waals surface area contributed by atoms with Gasteiger partial charge in [0.05, 0.1) is 37.2 Å². The molecule has 7 heteroatoms. The second-order valence-electron chi connectivity index (χ2n) is 7.97. The number of benzene rings is 4. The molecule has 0 saturated heterocycles. The van der Waals surface area contributed by atoms with Crippen LogP contribution in [0, 0.1) is 3.57 Å². The lowest BCUT2D eigenvalue weighted by Crippen LogP contribution is -2.06. The van der Waals surface area contributed by atoms with Gasteiger partial charge in [0.2, 0.25) is 0 Å². The Kier molecular flexibility index (Phi) is 8.89. The molecular formula is C29H29IN2O4. The van der Waals surface area contributed by atoms with Gasteiger partial charge in [0.25, 0.3) is 0 Å². The van der Waals surface area contributed by atoms with Crippen molar-refractivity contribution in [1.29, 1.82) is 0 Å². The smallest absolute Gasteiger partial charge is 0.175 e. The van der Waals surface area contributed by atoms with E-state index in [1.807, 2.05) is 43.3 Å². The SMILES string of the molecule is CCOc1cc(/C=N\NCc2ccc(OC)c(OC)c2)cc(I)c1OCc1cccc2ccccc12. The van der Waals surface area contributed by atoms with Gasteiger partial charge in [-0.25, -0.2) is 0 Å². The number of halogens is 1. The highest BCUT2D eigenvalue weighted by Gasteiger charge is 2.13. The molecular weight excluding hydrogens is 567 g/mol. The van der Waals surface area contributed by atoms with E-state index in [1.54, 1.807) is 20.4 Å². The van der Waals surface area contributed by atoms with E-state index in [0.29, 0.717) is 37.0 Å². The number of rotatable bonds is 11. The molecule has 0 atom stereocenters. The van der Waals surface area contributed by atoms with Crippen LogP contribution in [0.1, 0.15) is 23.6 Å². The van der Waals surface area contributed by atoms with E-state index < -0.39 is 0 Å². The Bertz CT molecular complexity index is 1350. The number of ether oxygens (including phenoxy) is 4. The topological polar surface area (TPSA) is 61.3 Å². The quantitative estimate of drug-likeness (QED) is 0.121. The summed E-state index contributed by atoms with van der Waals surface area (Å²) < 4.78 is 23.8. The summed E-state index contributed by atoms with van der Waals surface area (Å²) in [5.74, 6) is 2.83. The standard InChI is InChI=1S/C29H29IN2O4/c1-4-35-28-16-21(18-32-31-17-20-12-13-26(33-2)27(15-20)34-3)14-25(30)29(28)36-19-23-10-7-9-22-8-5-6-11-24(22)23/h5-16,18,31H,4,17,19H2,1-3H3/b32-18-. The van der Waals surface area contributed by atoms with Crippen molar-refractivity contribution in [2.45, 2.75) is 20.1 Å². The molecule has 36 heavy (non-hydrogen) atoms. The van der Waals surface area contributed by atoms with Crippen LogP contribution in [0.15, 0.2) is 77.9 Å². The van der Waals surface area contributed by atoms with E-state index in [9.17, 15) is 0 Å². The second-order valence-corrected chi connectivity index (χ2v) is 9.13. The highest BCUT2D eigenvalue weighted by atomic mass is 127. The first-order chi connectivity index (χ1) is 17.6. The molecule has 0 aliphatic carbocycles. The Morgan fingerprint density at radius 2 is 1.67 bits per heavy atom. The van der Waals surface area contributed by atoms with Gasteiger partial charge in [-0.1, -0.05) is 48.5 Å². The predicted molar refractivity (Wildman–Crippen MR) is 153 cm³/mol. The lowest BCUT2D eigenvalue weighted by molar-refractivity contribution is 0.268. The van der Waals surface area contributed by atoms with Crippen LogP contribution in [0.25, 0.3) is 10.8 Å². The van der Waals surface area contributed by atoms with E-state index in [0.717, 1.165) is 26.0 Å². The van der Waals surface area contributed by atoms with Gasteiger partial charge in [-0.15, -0.1) is 0 Å². The fourth-order valence-corrected chi connectivity index (χ4v) is 4.66. The van der Waals surface area contributed by atoms with Gasteiger partial charge in [0.15, 0.2) is 23.0 Å². The predicted octanol–water partition coefficient (Wildman–Crippen LogP) is 6.56. The number of nitrogens with one attached hydrogen (secondary N) is 1. The molecule has 0 aliphatic rings. The molecule has 0 aromatic heterocycles. The van der Waals surface area contributed by atoms with E-state index in [-0.39, 0.29) is 0 Å². The summed E-state index contributed by atoms with van der Waals surface area (Å²) in [5, 5.41) is 6.78. The van der Waals surface area contributed by atoms with Crippen molar-refractivity contribution in [3.05, 3.63) is 93.1 Å². The van der Waals surface area contributed by atoms with E-state index in [1.165, 1.54) is 10.8 Å². The Hall–Kier alpha value is -3.46. The summed E-state index contributed by atoms with van der Waals surface area (Å²) in [7, 11) is 3.25. The molecule has 186 valence electrons. The molecule has 0 amide bonds. The van der Waals surface area contributed by atoms with Crippen LogP contribution in [-0.2, 0) is 13.2 Å². The maximum atomic E-state index is 6.28. The second kappa shape index (κ2) is 12.5. The molecule has 4 aromatic carbocycles. The molecule has 0 unspecified atom stereocenters. The van der Waals surface area contributed by atoms with Crippen LogP contribution in [0.4, 0.5) is 0 Å². The van der Waals surface area contributed by atoms with Gasteiger partial charge in [0, 0.05) is 0 Å². The minimum atomic E-state index is 0.456. The van der Waals surface area contributed by atoms with Crippen molar-refractivity contribution in [2.75, 3.05) is 20.8 Å². The molecule has 4 aromatic rings. The Balaban J connectivity index is 1.45. The molecule has 0 aliphatic heterocycles. The maximum Gasteiger partial charge on any atom is 0.175 e. The summed E-state index contributed by atoms with van der Waals surface area (Å²) in [5.41, 5.74) is 6.17. The Morgan fingerprint density at radius 1 is 0.861 bits per heavy atom. The van der Waals surface area contributed by atoms with Crippen molar-refractivity contribution in [3.63, 3.8) is 0 Å². The number of hydrogen-bond donors (Lipinski definition) is 1. The van der Waals surface area contributed by atoms with Gasteiger partial charge in [-0.2, -0.15) is 5.10 Å². The Labute approximate surface area is 225 Å². The minimum absolute atomic E-state index is 0.456. The van der Waals surface area contributed by atoms with Gasteiger partial charge >= 0.3 is 0 Å². The minimum Gasteiger partial charge on any atom is -0.493 e. The monoisotopic (exact) mass is 596 g/mol. The molecule has 0 saturated carbocycles. The first kappa shape index (κ1) is 25.6. The summed E-state index contributed by atoms with van der Waals surface area (Å²) >= 11 is 2.28. The summed E-state index contributed by atoms with van der Waals surface area (Å²) in [6.45, 7) is 3.52. The van der Waals surface area contributed by atoms with Gasteiger partial charge in [-0.05, 0) is 81.2 Å². The Morgan fingerprint density at radius 3 is 2.47 bits per heavy atom. The highest BCUT2D eigenvalue weighted by Crippen LogP contribution is 2.35. The molecule has 6 nitrogen and oxygen atoms in total. The molecule has 0 heterocycles. The van der Waals surface area contributed by atoms with Crippen LogP contribution in [0.3, 0.4) is 0 Å². The van der Waals surface area contributed by atoms with Crippen molar-refractivity contribution in [2.24, 2.45) is 5.10 Å². The third-order valence-electron chi connectivity index (χ3n) is 5.62. The zero-order valence-electron chi connectivity index (χ0n) is 20.6. The first-order valence-electron chi connectivity index (χ1n) is 11.7. The zero-order valence-corrected chi connectivity index (χ0v) is 22.7. The third kappa shape index (κ3) is 6.20. The molecule has 1 N–H and O–H groups in total. The van der Waals surface area contributed by atoms with Crippen LogP contribution in [0.2, 0.25) is 0 Å². The number of hydrazone groups is 1. The average molecular weight is 596 g/mol. The first-order valence-corrected chi connectivity index (χ1v) is 12.7. The third-order valence-corrected chi connectivity index (χ3v) is 6.42. The molecule has 4 rings (SSSR count). The van der Waals surface area contributed by atoms with Crippen LogP contribution >= 0.6 is 22.6 Å². The fraction of sp³-hybridized carbons (Fsp3) is 0.207. The molecule has 0 radical (unpaired) electrons. The van der Waals surface area contributed by atoms with Crippen molar-refractivity contribution in [3.8, 4) is 23.0 Å². The van der Waals surface area contributed by atoms with Crippen molar-refractivity contribution < 1.29 is 18.9 Å². The lowest BCUT2D eigenvalue weighted by Gasteiger charge is -2.15. The van der Waals surface area contributed by atoms with Crippen molar-refractivity contribution in [1.82, 2.24) is 5.43 Å². The summed E-state index contributed by atoms with van der Waals surface area (Å²) in [6.07, 6.45) is 1.78. The van der Waals surface area contributed by atoms with Crippen LogP contribution in [-0.4, -0.2) is 27.0 Å². The molecule has 0 fully saturated rings. The lowest BCUT2D eigenvalue weighted by atomic mass is 10.1. The summed E-state index contributed by atoms with van der Waals surface area (Å²) in [6, 6.07) is 24.4. The number of hydrogen-bond acceptors (Lipinski definition) is 6. The fourth-order valence-electron chi connectivity index (χ4n) is 3.88. The number of nitrogens with zero attached hydrogens (tertiary/aromatic N) is 1. The van der Waals surface area contributed by atoms with Gasteiger partial charge < -0.3 is 24.4 Å². The van der Waals surface area contributed by atoms with Crippen LogP contribution < -0.4 is 24.4 Å². The summed E-state index contributed by atoms with van der Waals surface area (Å²) in [4.78, 5) is 0. The van der Waals surface area contributed by atoms with E-state index >= 15 is 0 Å². The molecule has 0 bridgehead atoms. The average Bonchev–Trinajstić information content (AvgIpc) is 2.90. The molecule has 0 spiro atoms. The van der Waals surface area contributed by atoms with E-state index in [4.69, 9.17) is 18.9 Å².